The number of esters is 1. The summed E-state index contributed by atoms with van der Waals surface area (Å²) < 4.78 is 9.93. The molecule has 128 valence electrons. The highest BCUT2D eigenvalue weighted by Crippen LogP contribution is 2.22. The Balaban J connectivity index is 1.65. The molecule has 8 heteroatoms. The zero-order valence-electron chi connectivity index (χ0n) is 13.0. The van der Waals surface area contributed by atoms with Crippen LogP contribution in [0.15, 0.2) is 28.8 Å². The molecule has 0 spiro atoms. The quantitative estimate of drug-likeness (QED) is 0.592. The van der Waals surface area contributed by atoms with Gasteiger partial charge in [-0.15, -0.1) is 0 Å². The Hall–Kier alpha value is -2.05. The van der Waals surface area contributed by atoms with Crippen LogP contribution in [0.3, 0.4) is 0 Å². The van der Waals surface area contributed by atoms with Crippen molar-refractivity contribution in [3.63, 3.8) is 0 Å². The summed E-state index contributed by atoms with van der Waals surface area (Å²) in [7, 11) is 0. The van der Waals surface area contributed by atoms with Gasteiger partial charge in [-0.3, -0.25) is 9.59 Å². The number of nitrogens with one attached hydrogen (secondary N) is 1. The fourth-order valence-electron chi connectivity index (χ4n) is 1.92. The summed E-state index contributed by atoms with van der Waals surface area (Å²) in [5, 5.41) is 7.07. The van der Waals surface area contributed by atoms with Crippen molar-refractivity contribution >= 4 is 40.9 Å². The zero-order chi connectivity index (χ0) is 17.5. The number of benzene rings is 1. The van der Waals surface area contributed by atoms with E-state index in [1.165, 1.54) is 0 Å². The van der Waals surface area contributed by atoms with Gasteiger partial charge in [-0.1, -0.05) is 34.4 Å². The Kier molecular flexibility index (Phi) is 6.63. The first kappa shape index (κ1) is 18.3. The number of rotatable bonds is 7. The molecule has 2 rings (SSSR count). The minimum absolute atomic E-state index is 0.0985. The molecule has 24 heavy (non-hydrogen) atoms. The number of amides is 1. The Morgan fingerprint density at radius 2 is 2.04 bits per heavy atom. The van der Waals surface area contributed by atoms with Crippen LogP contribution in [0.25, 0.3) is 0 Å². The van der Waals surface area contributed by atoms with E-state index < -0.39 is 0 Å². The molecule has 1 amide bonds. The van der Waals surface area contributed by atoms with Crippen molar-refractivity contribution in [2.24, 2.45) is 0 Å². The summed E-state index contributed by atoms with van der Waals surface area (Å²) in [6.07, 6.45) is 0.725. The summed E-state index contributed by atoms with van der Waals surface area (Å²) in [4.78, 5) is 23.4. The molecule has 1 aromatic heterocycles. The van der Waals surface area contributed by atoms with E-state index in [4.69, 9.17) is 32.5 Å². The van der Waals surface area contributed by atoms with Crippen LogP contribution in [0.4, 0.5) is 5.82 Å². The van der Waals surface area contributed by atoms with Crippen molar-refractivity contribution < 1.29 is 18.8 Å². The summed E-state index contributed by atoms with van der Waals surface area (Å²) in [6, 6.07) is 6.58. The number of carbonyl (C=O) groups is 2. The zero-order valence-corrected chi connectivity index (χ0v) is 14.5. The van der Waals surface area contributed by atoms with E-state index in [2.05, 4.69) is 10.5 Å². The summed E-state index contributed by atoms with van der Waals surface area (Å²) in [6.45, 7) is 1.89. The molecule has 1 aromatic carbocycles. The first-order valence-corrected chi connectivity index (χ1v) is 8.02. The van der Waals surface area contributed by atoms with Gasteiger partial charge in [0.2, 0.25) is 5.91 Å². The third-order valence-corrected chi connectivity index (χ3v) is 3.78. The topological polar surface area (TPSA) is 81.4 Å². The van der Waals surface area contributed by atoms with E-state index in [0.717, 1.165) is 0 Å². The van der Waals surface area contributed by atoms with E-state index in [1.807, 2.05) is 0 Å². The van der Waals surface area contributed by atoms with Gasteiger partial charge in [-0.05, 0) is 31.0 Å². The van der Waals surface area contributed by atoms with Gasteiger partial charge in [-0.2, -0.15) is 0 Å². The Morgan fingerprint density at radius 3 is 2.71 bits per heavy atom. The average Bonchev–Trinajstić information content (AvgIpc) is 2.92. The van der Waals surface area contributed by atoms with Crippen molar-refractivity contribution in [2.75, 3.05) is 11.9 Å². The van der Waals surface area contributed by atoms with Crippen LogP contribution in [0.1, 0.15) is 24.2 Å². The maximum atomic E-state index is 11.7. The third kappa shape index (κ3) is 5.86. The smallest absolute Gasteiger partial charge is 0.310 e. The normalized spacial score (nSPS) is 10.5. The summed E-state index contributed by atoms with van der Waals surface area (Å²) in [5.41, 5.74) is 0.716. The number of halogens is 2. The fraction of sp³-hybridized carbons (Fsp3) is 0.312. The van der Waals surface area contributed by atoms with E-state index >= 15 is 0 Å². The lowest BCUT2D eigenvalue weighted by Crippen LogP contribution is -2.14. The molecule has 0 saturated carbocycles. The Morgan fingerprint density at radius 1 is 1.25 bits per heavy atom. The predicted molar refractivity (Wildman–Crippen MR) is 90.2 cm³/mol. The molecule has 0 atom stereocenters. The predicted octanol–water partition coefficient (Wildman–Crippen LogP) is 3.79. The molecule has 1 N–H and O–H groups in total. The summed E-state index contributed by atoms with van der Waals surface area (Å²) >= 11 is 11.7. The lowest BCUT2D eigenvalue weighted by molar-refractivity contribution is -0.143. The van der Waals surface area contributed by atoms with Crippen LogP contribution in [0.5, 0.6) is 0 Å². The molecule has 0 aliphatic rings. The van der Waals surface area contributed by atoms with Gasteiger partial charge >= 0.3 is 5.97 Å². The molecular weight excluding hydrogens is 355 g/mol. The van der Waals surface area contributed by atoms with E-state index in [1.54, 1.807) is 31.2 Å². The summed E-state index contributed by atoms with van der Waals surface area (Å²) in [5.74, 6) is 0.375. The largest absolute Gasteiger partial charge is 0.465 e. The van der Waals surface area contributed by atoms with Crippen LogP contribution in [0, 0.1) is 6.92 Å². The maximum absolute atomic E-state index is 11.7. The van der Waals surface area contributed by atoms with E-state index in [9.17, 15) is 9.59 Å². The number of carbonyl (C=O) groups excluding carboxylic acids is 2. The second kappa shape index (κ2) is 8.70. The molecule has 1 heterocycles. The van der Waals surface area contributed by atoms with Crippen molar-refractivity contribution in [1.29, 1.82) is 0 Å². The van der Waals surface area contributed by atoms with Crippen LogP contribution in [-0.4, -0.2) is 23.6 Å². The molecule has 0 bridgehead atoms. The van der Waals surface area contributed by atoms with Gasteiger partial charge < -0.3 is 14.6 Å². The van der Waals surface area contributed by atoms with Gasteiger partial charge in [0.1, 0.15) is 5.76 Å². The van der Waals surface area contributed by atoms with Gasteiger partial charge in [0, 0.05) is 12.5 Å². The highest BCUT2D eigenvalue weighted by molar-refractivity contribution is 6.42. The average molecular weight is 371 g/mol. The number of anilines is 1. The Bertz CT molecular complexity index is 731. The third-order valence-electron chi connectivity index (χ3n) is 3.04. The van der Waals surface area contributed by atoms with Crippen LogP contribution in [-0.2, 0) is 20.7 Å². The molecule has 0 aliphatic carbocycles. The van der Waals surface area contributed by atoms with E-state index in [0.29, 0.717) is 33.6 Å². The van der Waals surface area contributed by atoms with Gasteiger partial charge in [0.05, 0.1) is 23.1 Å². The van der Waals surface area contributed by atoms with Crippen molar-refractivity contribution in [2.45, 2.75) is 26.2 Å². The number of ether oxygens (including phenoxy) is 1. The molecule has 0 saturated heterocycles. The van der Waals surface area contributed by atoms with Crippen molar-refractivity contribution in [3.8, 4) is 0 Å². The van der Waals surface area contributed by atoms with Crippen molar-refractivity contribution in [1.82, 2.24) is 5.16 Å². The maximum Gasteiger partial charge on any atom is 0.310 e. The second-order valence-corrected chi connectivity index (χ2v) is 5.93. The Labute approximate surface area is 149 Å². The fourth-order valence-corrected chi connectivity index (χ4v) is 2.24. The molecule has 0 radical (unpaired) electrons. The highest BCUT2D eigenvalue weighted by atomic mass is 35.5. The first-order chi connectivity index (χ1) is 11.4. The molecule has 0 fully saturated rings. The second-order valence-electron chi connectivity index (χ2n) is 5.12. The molecule has 0 aliphatic heterocycles. The minimum atomic E-state index is -0.388. The monoisotopic (exact) mass is 370 g/mol. The van der Waals surface area contributed by atoms with Gasteiger partial charge in [0.15, 0.2) is 5.82 Å². The number of hydrogen-bond acceptors (Lipinski definition) is 5. The number of aromatic nitrogens is 1. The molecule has 2 aromatic rings. The highest BCUT2D eigenvalue weighted by Gasteiger charge is 2.09. The van der Waals surface area contributed by atoms with Gasteiger partial charge in [0.25, 0.3) is 0 Å². The number of aryl methyl sites for hydroxylation is 1. The van der Waals surface area contributed by atoms with Crippen molar-refractivity contribution in [3.05, 3.63) is 45.6 Å². The number of hydrogen-bond donors (Lipinski definition) is 1. The lowest BCUT2D eigenvalue weighted by Gasteiger charge is -2.06. The molecule has 0 unspecified atom stereocenters. The van der Waals surface area contributed by atoms with E-state index in [-0.39, 0.29) is 31.3 Å². The van der Waals surface area contributed by atoms with Gasteiger partial charge in [-0.25, -0.2) is 0 Å². The standard InChI is InChI=1S/C16H16Cl2N2O4/c1-10-7-14(20-24-10)19-15(21)3-2-6-23-16(22)9-11-4-5-12(17)13(18)8-11/h4-5,7-8H,2-3,6,9H2,1H3,(H,19,20,21). The van der Waals surface area contributed by atoms with Crippen LogP contribution >= 0.6 is 23.2 Å². The molecular formula is C16H16Cl2N2O4. The number of nitrogens with zero attached hydrogens (tertiary/aromatic N) is 1. The SMILES string of the molecule is Cc1cc(NC(=O)CCCOC(=O)Cc2ccc(Cl)c(Cl)c2)no1. The lowest BCUT2D eigenvalue weighted by atomic mass is 10.1. The van der Waals surface area contributed by atoms with Crippen LogP contribution in [0.2, 0.25) is 10.0 Å². The molecule has 6 nitrogen and oxygen atoms in total. The first-order valence-electron chi connectivity index (χ1n) is 7.27. The minimum Gasteiger partial charge on any atom is -0.465 e. The van der Waals surface area contributed by atoms with Crippen LogP contribution < -0.4 is 5.32 Å².